The van der Waals surface area contributed by atoms with E-state index in [1.54, 1.807) is 6.92 Å². The van der Waals surface area contributed by atoms with Gasteiger partial charge in [-0.05, 0) is 43.4 Å². The van der Waals surface area contributed by atoms with Gasteiger partial charge in [0.05, 0.1) is 12.2 Å². The van der Waals surface area contributed by atoms with Gasteiger partial charge in [0.2, 0.25) is 10.4 Å². The Morgan fingerprint density at radius 2 is 1.82 bits per heavy atom. The third-order valence-electron chi connectivity index (χ3n) is 6.63. The van der Waals surface area contributed by atoms with Crippen LogP contribution in [0.4, 0.5) is 0 Å². The molecule has 4 unspecified atom stereocenters. The van der Waals surface area contributed by atoms with Crippen molar-refractivity contribution in [2.75, 3.05) is 0 Å². The van der Waals surface area contributed by atoms with Crippen LogP contribution >= 0.6 is 0 Å². The minimum atomic E-state index is -4.86. The lowest BCUT2D eigenvalue weighted by Crippen LogP contribution is -2.49. The third-order valence-corrected chi connectivity index (χ3v) is 7.08. The van der Waals surface area contributed by atoms with Gasteiger partial charge in [-0.25, -0.2) is 8.42 Å². The second kappa shape index (κ2) is 8.79. The molecule has 8 atom stereocenters. The molecule has 1 saturated carbocycles. The van der Waals surface area contributed by atoms with Crippen LogP contribution < -0.4 is 0 Å². The van der Waals surface area contributed by atoms with E-state index in [0.29, 0.717) is 30.1 Å². The molecule has 0 amide bonds. The highest BCUT2D eigenvalue weighted by molar-refractivity contribution is 7.80. The Labute approximate surface area is 168 Å². The molecule has 1 heterocycles. The number of hydrogen-bond acceptors (Lipinski definition) is 6. The zero-order valence-corrected chi connectivity index (χ0v) is 17.8. The maximum absolute atomic E-state index is 11.3. The molecular formula is C21H31O6S-. The highest BCUT2D eigenvalue weighted by Crippen LogP contribution is 2.47. The Balaban J connectivity index is 1.83. The quantitative estimate of drug-likeness (QED) is 0.519. The molecule has 0 bridgehead atoms. The average molecular weight is 412 g/mol. The molecule has 0 radical (unpaired) electrons. The summed E-state index contributed by atoms with van der Waals surface area (Å²) in [6.07, 6.45) is 0.158. The minimum absolute atomic E-state index is 0.405. The lowest BCUT2D eigenvalue weighted by molar-refractivity contribution is -0.282. The Kier molecular flexibility index (Phi) is 6.82. The van der Waals surface area contributed by atoms with Gasteiger partial charge in [-0.2, -0.15) is 0 Å². The number of benzene rings is 1. The van der Waals surface area contributed by atoms with Crippen molar-refractivity contribution in [3.8, 4) is 0 Å². The summed E-state index contributed by atoms with van der Waals surface area (Å²) in [5, 5.41) is 0. The largest absolute Gasteiger partial charge is 0.726 e. The highest BCUT2D eigenvalue weighted by Gasteiger charge is 2.45. The second-order valence-electron chi connectivity index (χ2n) is 8.37. The zero-order valence-electron chi connectivity index (χ0n) is 17.0. The van der Waals surface area contributed by atoms with E-state index in [9.17, 15) is 13.0 Å². The number of ether oxygens (including phenoxy) is 2. The van der Waals surface area contributed by atoms with Crippen molar-refractivity contribution in [3.63, 3.8) is 0 Å². The Hall–Kier alpha value is -0.990. The first-order valence-electron chi connectivity index (χ1n) is 10.2. The second-order valence-corrected chi connectivity index (χ2v) is 9.38. The van der Waals surface area contributed by atoms with Crippen molar-refractivity contribution in [3.05, 3.63) is 35.9 Å². The fourth-order valence-electron chi connectivity index (χ4n) is 5.07. The molecule has 1 aromatic rings. The van der Waals surface area contributed by atoms with Crippen molar-refractivity contribution < 1.29 is 26.6 Å². The molecule has 2 fully saturated rings. The molecule has 0 spiro atoms. The molecule has 7 heteroatoms. The average Bonchev–Trinajstić information content (AvgIpc) is 2.90. The monoisotopic (exact) mass is 411 g/mol. The van der Waals surface area contributed by atoms with Crippen LogP contribution in [-0.2, 0) is 24.1 Å². The summed E-state index contributed by atoms with van der Waals surface area (Å²) in [6.45, 7) is 8.49. The van der Waals surface area contributed by atoms with Crippen molar-refractivity contribution >= 4 is 10.4 Å². The van der Waals surface area contributed by atoms with Crippen LogP contribution in [0.2, 0.25) is 0 Å². The van der Waals surface area contributed by atoms with E-state index in [1.165, 1.54) is 0 Å². The van der Waals surface area contributed by atoms with Crippen molar-refractivity contribution in [1.29, 1.82) is 0 Å². The van der Waals surface area contributed by atoms with Gasteiger partial charge in [0.15, 0.2) is 6.29 Å². The van der Waals surface area contributed by atoms with Crippen LogP contribution in [0.3, 0.4) is 0 Å². The highest BCUT2D eigenvalue weighted by atomic mass is 32.3. The maximum Gasteiger partial charge on any atom is 0.218 e. The summed E-state index contributed by atoms with van der Waals surface area (Å²) in [5.74, 6) is 2.18. The number of hydrogen-bond donors (Lipinski definition) is 0. The lowest BCUT2D eigenvalue weighted by atomic mass is 9.83. The van der Waals surface area contributed by atoms with Crippen LogP contribution in [0.5, 0.6) is 0 Å². The van der Waals surface area contributed by atoms with E-state index in [2.05, 4.69) is 20.8 Å². The summed E-state index contributed by atoms with van der Waals surface area (Å²) < 4.78 is 50.9. The Morgan fingerprint density at radius 3 is 2.43 bits per heavy atom. The normalized spacial score (nSPS) is 39.2. The molecule has 3 rings (SSSR count). The van der Waals surface area contributed by atoms with E-state index < -0.39 is 35.0 Å². The Morgan fingerprint density at radius 1 is 1.14 bits per heavy atom. The smallest absolute Gasteiger partial charge is 0.218 e. The van der Waals surface area contributed by atoms with Gasteiger partial charge < -0.3 is 14.0 Å². The summed E-state index contributed by atoms with van der Waals surface area (Å²) in [7, 11) is -4.86. The van der Waals surface area contributed by atoms with E-state index in [1.807, 2.05) is 30.3 Å². The lowest BCUT2D eigenvalue weighted by Gasteiger charge is -2.42. The van der Waals surface area contributed by atoms with Crippen LogP contribution in [0, 0.1) is 23.7 Å². The molecule has 2 aliphatic rings. The van der Waals surface area contributed by atoms with Crippen molar-refractivity contribution in [2.24, 2.45) is 23.7 Å². The molecule has 1 aromatic carbocycles. The van der Waals surface area contributed by atoms with Gasteiger partial charge in [-0.15, -0.1) is 0 Å². The van der Waals surface area contributed by atoms with Gasteiger partial charge in [-0.1, -0.05) is 57.5 Å². The SMILES string of the molecule is CC[C@H]1C(CC2O[C@@H](c3ccccc3)OC(C)[C@H]2OS(=O)(=O)[O-])CC(C)[C@H]1C. The minimum Gasteiger partial charge on any atom is -0.726 e. The Bertz CT molecular complexity index is 737. The van der Waals surface area contributed by atoms with Crippen LogP contribution in [-0.4, -0.2) is 31.3 Å². The summed E-state index contributed by atoms with van der Waals surface area (Å²) >= 11 is 0. The molecule has 1 aliphatic carbocycles. The van der Waals surface area contributed by atoms with Gasteiger partial charge >= 0.3 is 0 Å². The van der Waals surface area contributed by atoms with Gasteiger partial charge in [0.1, 0.15) is 6.10 Å². The predicted octanol–water partition coefficient (Wildman–Crippen LogP) is 4.04. The number of rotatable bonds is 6. The van der Waals surface area contributed by atoms with E-state index in [-0.39, 0.29) is 0 Å². The maximum atomic E-state index is 11.3. The standard InChI is InChI=1S/C21H32O6S/c1-5-18-14(3)13(2)11-17(18)12-19-20(27-28(22,23)24)15(4)25-21(26-19)16-9-7-6-8-10-16/h6-10,13-15,17-21H,5,11-12H2,1-4H3,(H,22,23,24)/p-1/t13?,14-,15?,17?,18-,19?,20-,21+/m1/s1. The van der Waals surface area contributed by atoms with E-state index in [4.69, 9.17) is 13.7 Å². The molecule has 28 heavy (non-hydrogen) atoms. The molecule has 1 aliphatic heterocycles. The summed E-state index contributed by atoms with van der Waals surface area (Å²) in [6, 6.07) is 9.54. The van der Waals surface area contributed by atoms with Crippen molar-refractivity contribution in [1.82, 2.24) is 0 Å². The molecular weight excluding hydrogens is 380 g/mol. The summed E-state index contributed by atoms with van der Waals surface area (Å²) in [4.78, 5) is 0. The van der Waals surface area contributed by atoms with Crippen LogP contribution in [0.1, 0.15) is 58.8 Å². The fourth-order valence-corrected chi connectivity index (χ4v) is 5.62. The third kappa shape index (κ3) is 4.94. The summed E-state index contributed by atoms with van der Waals surface area (Å²) in [5.41, 5.74) is 0.864. The fraction of sp³-hybridized carbons (Fsp3) is 0.714. The molecule has 0 N–H and O–H groups in total. The van der Waals surface area contributed by atoms with Crippen LogP contribution in [0.15, 0.2) is 30.3 Å². The topological polar surface area (TPSA) is 84.9 Å². The molecule has 0 aromatic heterocycles. The molecule has 1 saturated heterocycles. The van der Waals surface area contributed by atoms with E-state index >= 15 is 0 Å². The van der Waals surface area contributed by atoms with Gasteiger partial charge in [0.25, 0.3) is 0 Å². The first-order chi connectivity index (χ1) is 13.2. The molecule has 158 valence electrons. The predicted molar refractivity (Wildman–Crippen MR) is 104 cm³/mol. The van der Waals surface area contributed by atoms with Crippen molar-refractivity contribution in [2.45, 2.75) is 71.6 Å². The van der Waals surface area contributed by atoms with Crippen LogP contribution in [0.25, 0.3) is 0 Å². The van der Waals surface area contributed by atoms with Gasteiger partial charge in [-0.3, -0.25) is 4.18 Å². The van der Waals surface area contributed by atoms with Gasteiger partial charge in [0, 0.05) is 5.56 Å². The zero-order chi connectivity index (χ0) is 20.5. The first kappa shape index (κ1) is 21.7. The first-order valence-corrected chi connectivity index (χ1v) is 11.5. The van der Waals surface area contributed by atoms with E-state index in [0.717, 1.165) is 18.4 Å². The molecule has 6 nitrogen and oxygen atoms in total.